The highest BCUT2D eigenvalue weighted by molar-refractivity contribution is 8.00. The van der Waals surface area contributed by atoms with E-state index in [9.17, 15) is 9.59 Å². The molecule has 3 rings (SSSR count). The monoisotopic (exact) mass is 369 g/mol. The van der Waals surface area contributed by atoms with Gasteiger partial charge < -0.3 is 15.2 Å². The van der Waals surface area contributed by atoms with E-state index in [0.29, 0.717) is 5.75 Å². The van der Waals surface area contributed by atoms with Gasteiger partial charge in [-0.3, -0.25) is 9.69 Å². The predicted octanol–water partition coefficient (Wildman–Crippen LogP) is 0.757. The molecule has 0 saturated carbocycles. The largest absolute Gasteiger partial charge is 0.497 e. The Morgan fingerprint density at radius 3 is 2.75 bits per heavy atom. The van der Waals surface area contributed by atoms with Gasteiger partial charge in [-0.1, -0.05) is 12.1 Å². The summed E-state index contributed by atoms with van der Waals surface area (Å²) < 4.78 is 10.5. The van der Waals surface area contributed by atoms with E-state index >= 15 is 0 Å². The number of benzene rings is 1. The zero-order valence-electron chi connectivity index (χ0n) is 13.2. The summed E-state index contributed by atoms with van der Waals surface area (Å²) in [6.45, 7) is 0.121. The second kappa shape index (κ2) is 7.04. The number of quaternary nitrogens is 1. The van der Waals surface area contributed by atoms with Crippen molar-refractivity contribution in [2.45, 2.75) is 18.0 Å². The number of amides is 1. The molecule has 2 aliphatic heterocycles. The third-order valence-corrected chi connectivity index (χ3v) is 5.76. The molecule has 0 radical (unpaired) electrons. The number of methoxy groups -OCH3 is 1. The van der Waals surface area contributed by atoms with Crippen LogP contribution in [0.15, 0.2) is 35.5 Å². The number of β-lactam (4-membered cyclic amide) rings is 1. The number of ether oxygens (including phenoxy) is 2. The Balaban J connectivity index is 1.72. The number of fused-ring (bicyclic) bond motifs is 1. The fraction of sp³-hybridized carbons (Fsp3) is 0.375. The van der Waals surface area contributed by atoms with Crippen LogP contribution in [0, 0.1) is 0 Å². The Morgan fingerprint density at radius 1 is 1.42 bits per heavy atom. The van der Waals surface area contributed by atoms with Gasteiger partial charge >= 0.3 is 5.97 Å². The lowest BCUT2D eigenvalue weighted by atomic mass is 10.0. The number of rotatable bonds is 5. The summed E-state index contributed by atoms with van der Waals surface area (Å²) in [7, 11) is 1.59. The van der Waals surface area contributed by atoms with Gasteiger partial charge in [-0.05, 0) is 23.3 Å². The number of alkyl halides is 1. The van der Waals surface area contributed by atoms with Crippen LogP contribution in [0.1, 0.15) is 5.56 Å². The molecule has 6 nitrogen and oxygen atoms in total. The number of carbonyl (C=O) groups is 2. The van der Waals surface area contributed by atoms with E-state index < -0.39 is 5.97 Å². The molecule has 1 aromatic carbocycles. The smallest absolute Gasteiger partial charge is 0.355 e. The van der Waals surface area contributed by atoms with Crippen LogP contribution < -0.4 is 10.5 Å². The molecule has 0 spiro atoms. The standard InChI is InChI=1S/C16H17ClN2O4S/c1-22-11-4-2-9(3-5-11)7-23-16(21)13-10(6-17)8-24-15-12(18)14(20)19(13)15/h2-5,12,15H,6-8,18H2,1H3/p+1. The molecule has 3 N–H and O–H groups in total. The van der Waals surface area contributed by atoms with Gasteiger partial charge in [0.25, 0.3) is 5.91 Å². The van der Waals surface area contributed by atoms with Crippen molar-refractivity contribution in [1.82, 2.24) is 4.90 Å². The van der Waals surface area contributed by atoms with Gasteiger partial charge in [-0.25, -0.2) is 4.79 Å². The molecule has 1 amide bonds. The number of thioether (sulfide) groups is 1. The second-order valence-electron chi connectivity index (χ2n) is 5.53. The Labute approximate surface area is 148 Å². The van der Waals surface area contributed by atoms with Gasteiger partial charge in [0.1, 0.15) is 23.4 Å². The summed E-state index contributed by atoms with van der Waals surface area (Å²) in [5.74, 6) is 0.852. The normalized spacial score (nSPS) is 22.8. The lowest BCUT2D eigenvalue weighted by Crippen LogP contribution is -2.83. The van der Waals surface area contributed by atoms with Crippen molar-refractivity contribution < 1.29 is 24.8 Å². The molecule has 24 heavy (non-hydrogen) atoms. The van der Waals surface area contributed by atoms with Crippen LogP contribution in [-0.2, 0) is 20.9 Å². The minimum Gasteiger partial charge on any atom is -0.497 e. The van der Waals surface area contributed by atoms with Crippen LogP contribution in [0.5, 0.6) is 5.75 Å². The highest BCUT2D eigenvalue weighted by Gasteiger charge is 2.54. The van der Waals surface area contributed by atoms with Gasteiger partial charge in [0.15, 0.2) is 6.04 Å². The summed E-state index contributed by atoms with van der Waals surface area (Å²) in [4.78, 5) is 26.1. The molecular formula is C16H18ClN2O4S+. The number of carbonyl (C=O) groups excluding carboxylic acids is 2. The van der Waals surface area contributed by atoms with Crippen LogP contribution in [0.4, 0.5) is 0 Å². The topological polar surface area (TPSA) is 83.5 Å². The maximum Gasteiger partial charge on any atom is 0.355 e. The van der Waals surface area contributed by atoms with Crippen molar-refractivity contribution in [3.8, 4) is 5.75 Å². The number of hydrogen-bond acceptors (Lipinski definition) is 5. The van der Waals surface area contributed by atoms with Crippen molar-refractivity contribution in [3.63, 3.8) is 0 Å². The quantitative estimate of drug-likeness (QED) is 0.470. The molecule has 128 valence electrons. The van der Waals surface area contributed by atoms with E-state index in [1.54, 1.807) is 31.0 Å². The molecule has 0 aliphatic carbocycles. The first kappa shape index (κ1) is 17.1. The maximum atomic E-state index is 12.5. The fourth-order valence-corrected chi connectivity index (χ4v) is 4.31. The van der Waals surface area contributed by atoms with Gasteiger partial charge in [0.05, 0.1) is 7.11 Å². The molecule has 0 bridgehead atoms. The van der Waals surface area contributed by atoms with E-state index in [1.807, 2.05) is 12.1 Å². The molecule has 1 aromatic rings. The third-order valence-electron chi connectivity index (χ3n) is 4.04. The fourth-order valence-electron chi connectivity index (χ4n) is 2.66. The Bertz CT molecular complexity index is 692. The average molecular weight is 370 g/mol. The van der Waals surface area contributed by atoms with Crippen LogP contribution in [0.25, 0.3) is 0 Å². The number of esters is 1. The molecule has 1 fully saturated rings. The molecule has 0 aromatic heterocycles. The molecule has 2 heterocycles. The molecule has 8 heteroatoms. The maximum absolute atomic E-state index is 12.5. The number of halogens is 1. The zero-order chi connectivity index (χ0) is 17.3. The van der Waals surface area contributed by atoms with Crippen molar-refractivity contribution >= 4 is 35.2 Å². The summed E-state index contributed by atoms with van der Waals surface area (Å²) >= 11 is 7.52. The van der Waals surface area contributed by atoms with Crippen LogP contribution in [-0.4, -0.2) is 46.9 Å². The van der Waals surface area contributed by atoms with E-state index in [0.717, 1.165) is 16.9 Å². The van der Waals surface area contributed by atoms with Gasteiger partial charge in [0, 0.05) is 11.6 Å². The first-order valence-electron chi connectivity index (χ1n) is 7.42. The lowest BCUT2D eigenvalue weighted by Gasteiger charge is -2.45. The van der Waals surface area contributed by atoms with Crippen LogP contribution in [0.2, 0.25) is 0 Å². The van der Waals surface area contributed by atoms with Gasteiger partial charge in [0.2, 0.25) is 0 Å². The Morgan fingerprint density at radius 2 is 2.12 bits per heavy atom. The second-order valence-corrected chi connectivity index (χ2v) is 6.90. The predicted molar refractivity (Wildman–Crippen MR) is 90.3 cm³/mol. The van der Waals surface area contributed by atoms with Crippen molar-refractivity contribution in [2.24, 2.45) is 0 Å². The van der Waals surface area contributed by atoms with Crippen molar-refractivity contribution in [3.05, 3.63) is 41.1 Å². The van der Waals surface area contributed by atoms with Gasteiger partial charge in [-0.2, -0.15) is 0 Å². The average Bonchev–Trinajstić information content (AvgIpc) is 2.64. The lowest BCUT2D eigenvalue weighted by molar-refractivity contribution is -0.423. The number of hydrogen-bond donors (Lipinski definition) is 1. The van der Waals surface area contributed by atoms with E-state index in [-0.39, 0.29) is 35.5 Å². The minimum absolute atomic E-state index is 0.104. The van der Waals surface area contributed by atoms with E-state index in [2.05, 4.69) is 5.73 Å². The first-order valence-corrected chi connectivity index (χ1v) is 9.01. The SMILES string of the molecule is COc1ccc(COC(=O)C2=C(CCl)CSC3C([NH3+])C(=O)N23)cc1. The zero-order valence-corrected chi connectivity index (χ0v) is 14.7. The highest BCUT2D eigenvalue weighted by atomic mass is 35.5. The third kappa shape index (κ3) is 2.99. The van der Waals surface area contributed by atoms with Crippen molar-refractivity contribution in [1.29, 1.82) is 0 Å². The van der Waals surface area contributed by atoms with Gasteiger partial charge in [-0.15, -0.1) is 23.4 Å². The highest BCUT2D eigenvalue weighted by Crippen LogP contribution is 2.39. The Kier molecular flexibility index (Phi) is 5.03. The van der Waals surface area contributed by atoms with Crippen LogP contribution in [0.3, 0.4) is 0 Å². The summed E-state index contributed by atoms with van der Waals surface area (Å²) in [6, 6.07) is 6.92. The van der Waals surface area contributed by atoms with E-state index in [4.69, 9.17) is 21.1 Å². The minimum atomic E-state index is -0.521. The molecule has 2 atom stereocenters. The molecule has 2 unspecified atom stereocenters. The molecule has 1 saturated heterocycles. The number of nitrogens with zero attached hydrogens (tertiary/aromatic N) is 1. The molecular weight excluding hydrogens is 352 g/mol. The summed E-state index contributed by atoms with van der Waals surface area (Å²) in [5.41, 5.74) is 5.67. The summed E-state index contributed by atoms with van der Waals surface area (Å²) in [5, 5.41) is -0.104. The first-order chi connectivity index (χ1) is 11.6. The van der Waals surface area contributed by atoms with Crippen molar-refractivity contribution in [2.75, 3.05) is 18.7 Å². The Hall–Kier alpha value is -1.70. The molecule has 2 aliphatic rings. The van der Waals surface area contributed by atoms with Crippen LogP contribution >= 0.6 is 23.4 Å². The summed E-state index contributed by atoms with van der Waals surface area (Å²) in [6.07, 6.45) is 0. The van der Waals surface area contributed by atoms with E-state index in [1.165, 1.54) is 4.90 Å².